The van der Waals surface area contributed by atoms with Gasteiger partial charge in [-0.05, 0) is 29.8 Å². The van der Waals surface area contributed by atoms with E-state index in [-0.39, 0.29) is 5.63 Å². The number of fused-ring (bicyclic) bond motifs is 1. The summed E-state index contributed by atoms with van der Waals surface area (Å²) in [6, 6.07) is 17.1. The highest BCUT2D eigenvalue weighted by molar-refractivity contribution is 9.10. The lowest BCUT2D eigenvalue weighted by Gasteiger charge is -2.00. The Kier molecular flexibility index (Phi) is 4.64. The van der Waals surface area contributed by atoms with Crippen LogP contribution in [0.25, 0.3) is 21.4 Å². The van der Waals surface area contributed by atoms with E-state index in [1.54, 1.807) is 18.5 Å². The first-order valence-electron chi connectivity index (χ1n) is 7.73. The maximum Gasteiger partial charge on any atom is 0.345 e. The summed E-state index contributed by atoms with van der Waals surface area (Å²) in [5.74, 6) is 0. The highest BCUT2D eigenvalue weighted by Crippen LogP contribution is 2.29. The lowest BCUT2D eigenvalue weighted by atomic mass is 10.2. The third-order valence-electron chi connectivity index (χ3n) is 3.64. The Morgan fingerprint density at radius 1 is 1.15 bits per heavy atom. The molecule has 0 spiro atoms. The molecule has 1 N–H and O–H groups in total. The van der Waals surface area contributed by atoms with Crippen molar-refractivity contribution in [3.05, 3.63) is 81.3 Å². The van der Waals surface area contributed by atoms with Crippen molar-refractivity contribution in [3.8, 4) is 10.4 Å². The number of aromatic nitrogens is 1. The molecule has 0 aliphatic heterocycles. The minimum atomic E-state index is -0.386. The molecule has 0 amide bonds. The van der Waals surface area contributed by atoms with Gasteiger partial charge < -0.3 is 4.42 Å². The molecule has 0 fully saturated rings. The quantitative estimate of drug-likeness (QED) is 0.279. The first-order valence-corrected chi connectivity index (χ1v) is 9.34. The van der Waals surface area contributed by atoms with Gasteiger partial charge in [-0.25, -0.2) is 9.78 Å². The van der Waals surface area contributed by atoms with Gasteiger partial charge in [0.2, 0.25) is 5.13 Å². The molecule has 0 aliphatic carbocycles. The van der Waals surface area contributed by atoms with E-state index in [4.69, 9.17) is 4.42 Å². The van der Waals surface area contributed by atoms with Crippen molar-refractivity contribution in [3.63, 3.8) is 0 Å². The second kappa shape index (κ2) is 7.23. The molecule has 4 aromatic rings. The number of halogens is 1. The number of rotatable bonds is 4. The van der Waals surface area contributed by atoms with Crippen LogP contribution in [0.3, 0.4) is 0 Å². The van der Waals surface area contributed by atoms with Crippen molar-refractivity contribution in [1.29, 1.82) is 0 Å². The third kappa shape index (κ3) is 3.58. The van der Waals surface area contributed by atoms with Crippen molar-refractivity contribution in [1.82, 2.24) is 4.98 Å². The molecule has 128 valence electrons. The highest BCUT2D eigenvalue weighted by atomic mass is 79.9. The second-order valence-electron chi connectivity index (χ2n) is 5.44. The number of thiazole rings is 1. The van der Waals surface area contributed by atoms with Gasteiger partial charge in [0, 0.05) is 16.1 Å². The van der Waals surface area contributed by atoms with E-state index in [2.05, 4.69) is 31.4 Å². The Morgan fingerprint density at radius 2 is 2.00 bits per heavy atom. The predicted octanol–water partition coefficient (Wildman–Crippen LogP) is 5.13. The average molecular weight is 426 g/mol. The molecule has 2 aromatic heterocycles. The molecule has 2 aromatic carbocycles. The summed E-state index contributed by atoms with van der Waals surface area (Å²) in [6.45, 7) is 0. The van der Waals surface area contributed by atoms with Crippen LogP contribution in [0, 0.1) is 0 Å². The molecule has 26 heavy (non-hydrogen) atoms. The van der Waals surface area contributed by atoms with Crippen LogP contribution >= 0.6 is 27.3 Å². The maximum absolute atomic E-state index is 12.3. The Balaban J connectivity index is 1.59. The molecule has 7 heteroatoms. The fourth-order valence-electron chi connectivity index (χ4n) is 2.42. The zero-order chi connectivity index (χ0) is 17.9. The van der Waals surface area contributed by atoms with E-state index >= 15 is 0 Å². The van der Waals surface area contributed by atoms with E-state index in [1.165, 1.54) is 11.3 Å². The topological polar surface area (TPSA) is 67.5 Å². The van der Waals surface area contributed by atoms with Gasteiger partial charge in [-0.1, -0.05) is 57.6 Å². The van der Waals surface area contributed by atoms with Crippen LogP contribution in [0.2, 0.25) is 0 Å². The standard InChI is InChI=1S/C19H12BrN3O2S/c20-14-6-7-16-13(8-14)9-15(18(24)25-16)17-11-21-19(26-17)23-22-10-12-4-2-1-3-5-12/h1-11H,(H,21,23)/b22-10+. The van der Waals surface area contributed by atoms with Gasteiger partial charge in [0.05, 0.1) is 16.7 Å². The summed E-state index contributed by atoms with van der Waals surface area (Å²) < 4.78 is 6.33. The lowest BCUT2D eigenvalue weighted by Crippen LogP contribution is -2.01. The summed E-state index contributed by atoms with van der Waals surface area (Å²) in [5.41, 5.74) is 4.52. The fraction of sp³-hybridized carbons (Fsp3) is 0. The van der Waals surface area contributed by atoms with Crippen LogP contribution in [0.5, 0.6) is 0 Å². The highest BCUT2D eigenvalue weighted by Gasteiger charge is 2.11. The summed E-state index contributed by atoms with van der Waals surface area (Å²) in [4.78, 5) is 17.3. The lowest BCUT2D eigenvalue weighted by molar-refractivity contribution is 0.563. The predicted molar refractivity (Wildman–Crippen MR) is 109 cm³/mol. The zero-order valence-electron chi connectivity index (χ0n) is 13.3. The Labute approximate surface area is 161 Å². The Hall–Kier alpha value is -2.77. The van der Waals surface area contributed by atoms with Crippen LogP contribution in [0.1, 0.15) is 5.56 Å². The van der Waals surface area contributed by atoms with Gasteiger partial charge in [0.15, 0.2) is 0 Å². The maximum atomic E-state index is 12.3. The zero-order valence-corrected chi connectivity index (χ0v) is 15.8. The van der Waals surface area contributed by atoms with E-state index in [0.717, 1.165) is 20.3 Å². The molecular weight excluding hydrogens is 414 g/mol. The van der Waals surface area contributed by atoms with Gasteiger partial charge in [-0.3, -0.25) is 5.43 Å². The van der Waals surface area contributed by atoms with E-state index in [0.29, 0.717) is 16.3 Å². The molecule has 0 saturated heterocycles. The first-order chi connectivity index (χ1) is 12.7. The average Bonchev–Trinajstić information content (AvgIpc) is 3.11. The van der Waals surface area contributed by atoms with Crippen molar-refractivity contribution < 1.29 is 4.42 Å². The van der Waals surface area contributed by atoms with Crippen LogP contribution in [-0.4, -0.2) is 11.2 Å². The molecule has 0 radical (unpaired) electrons. The third-order valence-corrected chi connectivity index (χ3v) is 5.07. The van der Waals surface area contributed by atoms with E-state index < -0.39 is 0 Å². The van der Waals surface area contributed by atoms with Gasteiger partial charge >= 0.3 is 5.63 Å². The van der Waals surface area contributed by atoms with Gasteiger partial charge in [-0.15, -0.1) is 0 Å². The minimum absolute atomic E-state index is 0.386. The van der Waals surface area contributed by atoms with Crippen LogP contribution in [-0.2, 0) is 0 Å². The number of nitrogens with zero attached hydrogens (tertiary/aromatic N) is 2. The molecule has 0 atom stereocenters. The molecule has 4 rings (SSSR count). The monoisotopic (exact) mass is 425 g/mol. The molecule has 5 nitrogen and oxygen atoms in total. The number of anilines is 1. The molecule has 0 bridgehead atoms. The Morgan fingerprint density at radius 3 is 2.85 bits per heavy atom. The van der Waals surface area contributed by atoms with Crippen molar-refractivity contribution >= 4 is 49.6 Å². The summed E-state index contributed by atoms with van der Waals surface area (Å²) >= 11 is 4.77. The van der Waals surface area contributed by atoms with Gasteiger partial charge in [0.25, 0.3) is 0 Å². The smallest absolute Gasteiger partial charge is 0.345 e. The SMILES string of the molecule is O=c1oc2ccc(Br)cc2cc1-c1cnc(N/N=C/c2ccccc2)s1. The molecule has 2 heterocycles. The van der Waals surface area contributed by atoms with E-state index in [1.807, 2.05) is 48.5 Å². The summed E-state index contributed by atoms with van der Waals surface area (Å²) in [7, 11) is 0. The number of hydrogen-bond donors (Lipinski definition) is 1. The molecule has 0 saturated carbocycles. The van der Waals surface area contributed by atoms with Crippen LogP contribution in [0.4, 0.5) is 5.13 Å². The summed E-state index contributed by atoms with van der Waals surface area (Å²) in [5, 5.41) is 5.61. The second-order valence-corrected chi connectivity index (χ2v) is 7.39. The van der Waals surface area contributed by atoms with Gasteiger partial charge in [0.1, 0.15) is 5.58 Å². The number of hydrogen-bond acceptors (Lipinski definition) is 6. The minimum Gasteiger partial charge on any atom is -0.422 e. The van der Waals surface area contributed by atoms with Crippen LogP contribution < -0.4 is 11.1 Å². The summed E-state index contributed by atoms with van der Waals surface area (Å²) in [6.07, 6.45) is 3.35. The Bertz CT molecular complexity index is 1150. The van der Waals surface area contributed by atoms with Gasteiger partial charge in [-0.2, -0.15) is 5.10 Å². The van der Waals surface area contributed by atoms with E-state index in [9.17, 15) is 4.79 Å². The van der Waals surface area contributed by atoms with Crippen LogP contribution in [0.15, 0.2) is 79.6 Å². The normalized spacial score (nSPS) is 11.3. The van der Waals surface area contributed by atoms with Crippen molar-refractivity contribution in [2.45, 2.75) is 0 Å². The number of hydrazone groups is 1. The number of nitrogens with one attached hydrogen (secondary N) is 1. The van der Waals surface area contributed by atoms with Crippen molar-refractivity contribution in [2.24, 2.45) is 5.10 Å². The van der Waals surface area contributed by atoms with Crippen molar-refractivity contribution in [2.75, 3.05) is 5.43 Å². The molecule has 0 aliphatic rings. The number of benzene rings is 2. The molecule has 0 unspecified atom stereocenters. The first kappa shape index (κ1) is 16.7. The largest absolute Gasteiger partial charge is 0.422 e. The molecular formula is C19H12BrN3O2S. The fourth-order valence-corrected chi connectivity index (χ4v) is 3.57.